The number of rotatable bonds is 11. The van der Waals surface area contributed by atoms with E-state index in [0.29, 0.717) is 19.1 Å². The molecule has 0 aliphatic heterocycles. The molecule has 0 radical (unpaired) electrons. The molecule has 1 unspecified atom stereocenters. The summed E-state index contributed by atoms with van der Waals surface area (Å²) < 4.78 is 0. The molecule has 1 atom stereocenters. The van der Waals surface area contributed by atoms with E-state index in [1.54, 1.807) is 0 Å². The lowest BCUT2D eigenvalue weighted by atomic mass is 10.0. The molecule has 0 fully saturated rings. The number of hydrogen-bond acceptors (Lipinski definition) is 2. The molecule has 0 bridgehead atoms. The van der Waals surface area contributed by atoms with Crippen molar-refractivity contribution in [1.29, 1.82) is 0 Å². The fraction of sp³-hybridized carbons (Fsp3) is 1.00. The Labute approximate surface area is 115 Å². The molecule has 18 heavy (non-hydrogen) atoms. The van der Waals surface area contributed by atoms with Crippen molar-refractivity contribution < 1.29 is 10.2 Å². The van der Waals surface area contributed by atoms with Crippen molar-refractivity contribution >= 4 is 0 Å². The van der Waals surface area contributed by atoms with Crippen molar-refractivity contribution in [3.8, 4) is 0 Å². The first kappa shape index (κ1) is 20.2. The molecule has 0 aromatic carbocycles. The van der Waals surface area contributed by atoms with Gasteiger partial charge >= 0.3 is 0 Å². The average Bonchev–Trinajstić information content (AvgIpc) is 2.41. The van der Waals surface area contributed by atoms with Crippen LogP contribution in [0.3, 0.4) is 0 Å². The third-order valence-electron chi connectivity index (χ3n) is 3.31. The Bertz CT molecular complexity index is 116. The van der Waals surface area contributed by atoms with Gasteiger partial charge in [-0.25, -0.2) is 0 Å². The van der Waals surface area contributed by atoms with Crippen molar-refractivity contribution in [2.24, 2.45) is 5.92 Å². The number of aliphatic hydroxyl groups is 2. The van der Waals surface area contributed by atoms with Gasteiger partial charge in [0.1, 0.15) is 0 Å². The largest absolute Gasteiger partial charge is 0.396 e. The van der Waals surface area contributed by atoms with Crippen LogP contribution in [0.2, 0.25) is 0 Å². The van der Waals surface area contributed by atoms with E-state index in [9.17, 15) is 0 Å². The van der Waals surface area contributed by atoms with E-state index in [0.717, 1.165) is 12.8 Å². The molecule has 2 N–H and O–H groups in total. The van der Waals surface area contributed by atoms with Crippen LogP contribution in [0.15, 0.2) is 0 Å². The van der Waals surface area contributed by atoms with Gasteiger partial charge in [0.25, 0.3) is 0 Å². The topological polar surface area (TPSA) is 40.5 Å². The van der Waals surface area contributed by atoms with E-state index in [1.165, 1.54) is 51.4 Å². The number of unbranched alkanes of at least 4 members (excludes halogenated alkanes) is 6. The normalized spacial score (nSPS) is 11.8. The lowest BCUT2D eigenvalue weighted by Crippen LogP contribution is -2.03. The Morgan fingerprint density at radius 2 is 1.28 bits per heavy atom. The van der Waals surface area contributed by atoms with Crippen LogP contribution in [0.5, 0.6) is 0 Å². The summed E-state index contributed by atoms with van der Waals surface area (Å²) in [5.74, 6) is 0.560. The third kappa shape index (κ3) is 18.3. The molecule has 0 saturated heterocycles. The van der Waals surface area contributed by atoms with Crippen molar-refractivity contribution in [3.63, 3.8) is 0 Å². The Hall–Kier alpha value is -0.0800. The molecule has 2 heteroatoms. The van der Waals surface area contributed by atoms with E-state index in [-0.39, 0.29) is 0 Å². The lowest BCUT2D eigenvalue weighted by Gasteiger charge is -2.08. The minimum absolute atomic E-state index is 0.367. The van der Waals surface area contributed by atoms with E-state index in [1.807, 2.05) is 0 Å². The predicted octanol–water partition coefficient (Wildman–Crippen LogP) is 4.53. The smallest absolute Gasteiger partial charge is 0.0459 e. The zero-order valence-electron chi connectivity index (χ0n) is 13.0. The maximum Gasteiger partial charge on any atom is 0.0459 e. The quantitative estimate of drug-likeness (QED) is 0.536. The van der Waals surface area contributed by atoms with E-state index >= 15 is 0 Å². The highest BCUT2D eigenvalue weighted by Gasteiger charge is 2.01. The van der Waals surface area contributed by atoms with Crippen LogP contribution in [-0.2, 0) is 0 Å². The molecule has 0 aliphatic rings. The minimum atomic E-state index is 0.367. The Morgan fingerprint density at radius 1 is 0.722 bits per heavy atom. The lowest BCUT2D eigenvalue weighted by molar-refractivity contribution is 0.212. The van der Waals surface area contributed by atoms with Gasteiger partial charge in [-0.2, -0.15) is 0 Å². The zero-order chi connectivity index (χ0) is 14.1. The van der Waals surface area contributed by atoms with Crippen molar-refractivity contribution in [3.05, 3.63) is 0 Å². The summed E-state index contributed by atoms with van der Waals surface area (Å²) in [5.41, 5.74) is 0. The van der Waals surface area contributed by atoms with Crippen LogP contribution in [0, 0.1) is 5.92 Å². The van der Waals surface area contributed by atoms with Crippen molar-refractivity contribution in [1.82, 2.24) is 0 Å². The second-order valence-corrected chi connectivity index (χ2v) is 5.09. The van der Waals surface area contributed by atoms with E-state index in [4.69, 9.17) is 10.2 Å². The first-order valence-electron chi connectivity index (χ1n) is 7.98. The van der Waals surface area contributed by atoms with Crippen molar-refractivity contribution in [2.75, 3.05) is 13.2 Å². The number of aliphatic hydroxyl groups excluding tert-OH is 2. The van der Waals surface area contributed by atoms with Gasteiger partial charge < -0.3 is 10.2 Å². The molecule has 2 nitrogen and oxygen atoms in total. The number of hydrogen-bond donors (Lipinski definition) is 2. The predicted molar refractivity (Wildman–Crippen MR) is 80.9 cm³/mol. The summed E-state index contributed by atoms with van der Waals surface area (Å²) in [6, 6.07) is 0. The highest BCUT2D eigenvalue weighted by molar-refractivity contribution is 4.53. The van der Waals surface area contributed by atoms with Crippen LogP contribution >= 0.6 is 0 Å². The summed E-state index contributed by atoms with van der Waals surface area (Å²) in [4.78, 5) is 0. The maximum absolute atomic E-state index is 8.75. The standard InChI is InChI=1S/2C8H18O/c1-3-5-6-8(4-2)7-9;1-2-3-4-5-6-7-8-9/h8-9H,3-7H2,1-2H3;9H,2-8H2,1H3. The molecule has 0 spiro atoms. The monoisotopic (exact) mass is 260 g/mol. The summed E-state index contributed by atoms with van der Waals surface area (Å²) >= 11 is 0. The molecule has 0 amide bonds. The van der Waals surface area contributed by atoms with Crippen LogP contribution in [-0.4, -0.2) is 23.4 Å². The highest BCUT2D eigenvalue weighted by Crippen LogP contribution is 2.10. The van der Waals surface area contributed by atoms with Gasteiger partial charge in [-0.15, -0.1) is 0 Å². The van der Waals surface area contributed by atoms with Gasteiger partial charge in [-0.05, 0) is 18.8 Å². The molecular weight excluding hydrogens is 224 g/mol. The Balaban J connectivity index is 0. The summed E-state index contributed by atoms with van der Waals surface area (Å²) in [6.07, 6.45) is 12.3. The van der Waals surface area contributed by atoms with Crippen LogP contribution in [0.1, 0.15) is 85.0 Å². The Kier molecular flexibility index (Phi) is 21.7. The summed E-state index contributed by atoms with van der Waals surface area (Å²) in [6.45, 7) is 7.27. The van der Waals surface area contributed by atoms with E-state index in [2.05, 4.69) is 20.8 Å². The first-order chi connectivity index (χ1) is 8.76. The third-order valence-corrected chi connectivity index (χ3v) is 3.31. The van der Waals surface area contributed by atoms with Crippen LogP contribution < -0.4 is 0 Å². The SMILES string of the molecule is CCCCC(CC)CO.CCCCCCCCO. The van der Waals surface area contributed by atoms with Crippen molar-refractivity contribution in [2.45, 2.75) is 85.0 Å². The highest BCUT2D eigenvalue weighted by atomic mass is 16.3. The van der Waals surface area contributed by atoms with E-state index < -0.39 is 0 Å². The molecule has 0 rings (SSSR count). The van der Waals surface area contributed by atoms with Gasteiger partial charge in [0.2, 0.25) is 0 Å². The van der Waals surface area contributed by atoms with Gasteiger partial charge in [0, 0.05) is 13.2 Å². The van der Waals surface area contributed by atoms with Crippen LogP contribution in [0.25, 0.3) is 0 Å². The summed E-state index contributed by atoms with van der Waals surface area (Å²) in [7, 11) is 0. The maximum atomic E-state index is 8.75. The van der Waals surface area contributed by atoms with Crippen LogP contribution in [0.4, 0.5) is 0 Å². The molecule has 0 aromatic rings. The molecule has 0 saturated carbocycles. The fourth-order valence-electron chi connectivity index (χ4n) is 1.81. The van der Waals surface area contributed by atoms with Gasteiger partial charge in [-0.1, -0.05) is 72.1 Å². The second-order valence-electron chi connectivity index (χ2n) is 5.09. The second kappa shape index (κ2) is 19.3. The summed E-state index contributed by atoms with van der Waals surface area (Å²) in [5, 5.41) is 17.2. The molecular formula is C16H36O2. The molecule has 0 aliphatic carbocycles. The average molecular weight is 260 g/mol. The molecule has 112 valence electrons. The van der Waals surface area contributed by atoms with Gasteiger partial charge in [0.05, 0.1) is 0 Å². The first-order valence-corrected chi connectivity index (χ1v) is 7.98. The Morgan fingerprint density at radius 3 is 1.72 bits per heavy atom. The van der Waals surface area contributed by atoms with Gasteiger partial charge in [-0.3, -0.25) is 0 Å². The fourth-order valence-corrected chi connectivity index (χ4v) is 1.81. The molecule has 0 heterocycles. The minimum Gasteiger partial charge on any atom is -0.396 e. The molecule has 0 aromatic heterocycles. The van der Waals surface area contributed by atoms with Gasteiger partial charge in [0.15, 0.2) is 0 Å². The zero-order valence-corrected chi connectivity index (χ0v) is 13.0.